The zero-order valence-electron chi connectivity index (χ0n) is 12.4. The van der Waals surface area contributed by atoms with Crippen LogP contribution in [0.15, 0.2) is 18.2 Å². The molecule has 6 nitrogen and oxygen atoms in total. The van der Waals surface area contributed by atoms with Crippen molar-refractivity contribution in [2.45, 2.75) is 26.3 Å². The normalized spacial score (nSPS) is 19.3. The Morgan fingerprint density at radius 3 is 2.64 bits per heavy atom. The fraction of sp³-hybridized carbons (Fsp3) is 0.500. The molecule has 1 aromatic rings. The third-order valence-corrected chi connectivity index (χ3v) is 5.73. The lowest BCUT2D eigenvalue weighted by molar-refractivity contribution is -0.120. The molecule has 1 fully saturated rings. The van der Waals surface area contributed by atoms with Gasteiger partial charge in [-0.1, -0.05) is 25.4 Å². The number of nitrogens with one attached hydrogen (secondary N) is 1. The Morgan fingerprint density at radius 2 is 2.09 bits per heavy atom. The standard InChI is InChI=1S/C14H19ClN2O4S/c1-9(2)13(17-6-3-7-22(17,20)21)14(19)16-11-8-10(15)4-5-12(11)18/h4-5,8-9,13,18H,3,6-7H2,1-2H3,(H,16,19)/t13-/m0/s1. The van der Waals surface area contributed by atoms with Gasteiger partial charge in [0, 0.05) is 11.6 Å². The first kappa shape index (κ1) is 17.1. The number of phenolic OH excluding ortho intramolecular Hbond substituents is 1. The smallest absolute Gasteiger partial charge is 0.243 e. The van der Waals surface area contributed by atoms with Gasteiger partial charge in [0.1, 0.15) is 11.8 Å². The van der Waals surface area contributed by atoms with Crippen LogP contribution in [0, 0.1) is 5.92 Å². The molecule has 8 heteroatoms. The van der Waals surface area contributed by atoms with Crippen molar-refractivity contribution in [2.75, 3.05) is 17.6 Å². The van der Waals surface area contributed by atoms with Gasteiger partial charge in [-0.15, -0.1) is 0 Å². The van der Waals surface area contributed by atoms with Gasteiger partial charge in [-0.2, -0.15) is 4.31 Å². The predicted molar refractivity (Wildman–Crippen MR) is 85.5 cm³/mol. The molecule has 0 aromatic heterocycles. The summed E-state index contributed by atoms with van der Waals surface area (Å²) in [7, 11) is -3.40. The average molecular weight is 347 g/mol. The van der Waals surface area contributed by atoms with E-state index in [1.54, 1.807) is 13.8 Å². The summed E-state index contributed by atoms with van der Waals surface area (Å²) in [6.07, 6.45) is 0.515. The molecule has 1 heterocycles. The molecule has 22 heavy (non-hydrogen) atoms. The van der Waals surface area contributed by atoms with Crippen molar-refractivity contribution >= 4 is 33.2 Å². The van der Waals surface area contributed by atoms with Gasteiger partial charge in [0.25, 0.3) is 0 Å². The van der Waals surface area contributed by atoms with Gasteiger partial charge in [0.2, 0.25) is 15.9 Å². The quantitative estimate of drug-likeness (QED) is 0.817. The van der Waals surface area contributed by atoms with E-state index in [-0.39, 0.29) is 23.1 Å². The van der Waals surface area contributed by atoms with Gasteiger partial charge >= 0.3 is 0 Å². The molecule has 0 aliphatic carbocycles. The lowest BCUT2D eigenvalue weighted by atomic mass is 10.0. The van der Waals surface area contributed by atoms with Crippen LogP contribution in [0.25, 0.3) is 0 Å². The van der Waals surface area contributed by atoms with Gasteiger partial charge in [-0.25, -0.2) is 8.42 Å². The molecule has 1 aromatic carbocycles. The van der Waals surface area contributed by atoms with E-state index in [1.807, 2.05) is 0 Å². The second-order valence-corrected chi connectivity index (χ2v) is 8.10. The second kappa shape index (κ2) is 6.44. The highest BCUT2D eigenvalue weighted by atomic mass is 35.5. The summed E-state index contributed by atoms with van der Waals surface area (Å²) in [6.45, 7) is 3.91. The Balaban J connectivity index is 2.26. The summed E-state index contributed by atoms with van der Waals surface area (Å²) in [5, 5.41) is 12.7. The highest BCUT2D eigenvalue weighted by Crippen LogP contribution is 2.28. The van der Waals surface area contributed by atoms with Crippen LogP contribution in [0.4, 0.5) is 5.69 Å². The van der Waals surface area contributed by atoms with Gasteiger partial charge < -0.3 is 10.4 Å². The number of hydrogen-bond donors (Lipinski definition) is 2. The monoisotopic (exact) mass is 346 g/mol. The van der Waals surface area contributed by atoms with Crippen LogP contribution in [-0.2, 0) is 14.8 Å². The number of amides is 1. The average Bonchev–Trinajstić information content (AvgIpc) is 2.74. The van der Waals surface area contributed by atoms with Crippen molar-refractivity contribution in [3.8, 4) is 5.75 Å². The molecular weight excluding hydrogens is 328 g/mol. The first-order chi connectivity index (χ1) is 10.2. The number of carbonyl (C=O) groups is 1. The fourth-order valence-corrected chi connectivity index (χ4v) is 4.55. The molecule has 1 aliphatic heterocycles. The maximum absolute atomic E-state index is 12.5. The Morgan fingerprint density at radius 1 is 1.41 bits per heavy atom. The van der Waals surface area contributed by atoms with Crippen molar-refractivity contribution in [1.29, 1.82) is 0 Å². The number of benzene rings is 1. The molecule has 0 unspecified atom stereocenters. The van der Waals surface area contributed by atoms with E-state index in [9.17, 15) is 18.3 Å². The molecule has 1 amide bonds. The van der Waals surface area contributed by atoms with Crippen molar-refractivity contribution in [3.63, 3.8) is 0 Å². The molecule has 0 bridgehead atoms. The third-order valence-electron chi connectivity index (χ3n) is 3.56. The van der Waals surface area contributed by atoms with Gasteiger partial charge in [0.05, 0.1) is 11.4 Å². The zero-order chi connectivity index (χ0) is 16.5. The minimum atomic E-state index is -3.40. The van der Waals surface area contributed by atoms with E-state index in [1.165, 1.54) is 22.5 Å². The van der Waals surface area contributed by atoms with E-state index < -0.39 is 22.0 Å². The number of carbonyl (C=O) groups excluding carboxylic acids is 1. The second-order valence-electron chi connectivity index (χ2n) is 5.62. The van der Waals surface area contributed by atoms with Crippen LogP contribution in [0.3, 0.4) is 0 Å². The number of rotatable bonds is 4. The lowest BCUT2D eigenvalue weighted by Gasteiger charge is -2.28. The molecule has 0 spiro atoms. The van der Waals surface area contributed by atoms with Crippen LogP contribution in [0.5, 0.6) is 5.75 Å². The summed E-state index contributed by atoms with van der Waals surface area (Å²) in [6, 6.07) is 3.47. The summed E-state index contributed by atoms with van der Waals surface area (Å²) >= 11 is 5.85. The van der Waals surface area contributed by atoms with Crippen molar-refractivity contribution in [1.82, 2.24) is 4.31 Å². The summed E-state index contributed by atoms with van der Waals surface area (Å²) in [5.41, 5.74) is 0.166. The minimum Gasteiger partial charge on any atom is -0.506 e. The molecule has 0 saturated carbocycles. The first-order valence-electron chi connectivity index (χ1n) is 7.01. The zero-order valence-corrected chi connectivity index (χ0v) is 14.0. The van der Waals surface area contributed by atoms with Gasteiger partial charge in [-0.3, -0.25) is 4.79 Å². The highest BCUT2D eigenvalue weighted by molar-refractivity contribution is 7.89. The van der Waals surface area contributed by atoms with Crippen LogP contribution in [0.1, 0.15) is 20.3 Å². The largest absolute Gasteiger partial charge is 0.506 e. The molecule has 2 N–H and O–H groups in total. The summed E-state index contributed by atoms with van der Waals surface area (Å²) < 4.78 is 25.4. The number of nitrogens with zero attached hydrogens (tertiary/aromatic N) is 1. The first-order valence-corrected chi connectivity index (χ1v) is 9.00. The maximum atomic E-state index is 12.5. The topological polar surface area (TPSA) is 86.7 Å². The van der Waals surface area contributed by atoms with Gasteiger partial charge in [0.15, 0.2) is 0 Å². The van der Waals surface area contributed by atoms with E-state index in [0.717, 1.165) is 0 Å². The lowest BCUT2D eigenvalue weighted by Crippen LogP contribution is -2.48. The van der Waals surface area contributed by atoms with Crippen molar-refractivity contribution < 1.29 is 18.3 Å². The van der Waals surface area contributed by atoms with Crippen molar-refractivity contribution in [2.24, 2.45) is 5.92 Å². The predicted octanol–water partition coefficient (Wildman–Crippen LogP) is 2.04. The number of anilines is 1. The molecule has 122 valence electrons. The van der Waals surface area contributed by atoms with Gasteiger partial charge in [-0.05, 0) is 30.5 Å². The van der Waals surface area contributed by atoms with Crippen LogP contribution >= 0.6 is 11.6 Å². The van der Waals surface area contributed by atoms with Crippen molar-refractivity contribution in [3.05, 3.63) is 23.2 Å². The Bertz CT molecular complexity index is 675. The Labute approximate surface area is 135 Å². The van der Waals surface area contributed by atoms with Crippen LogP contribution < -0.4 is 5.32 Å². The number of halogens is 1. The van der Waals surface area contributed by atoms with Crippen LogP contribution in [-0.4, -0.2) is 42.1 Å². The van der Waals surface area contributed by atoms with Crippen LogP contribution in [0.2, 0.25) is 5.02 Å². The number of hydrogen-bond acceptors (Lipinski definition) is 4. The SMILES string of the molecule is CC(C)[C@@H](C(=O)Nc1cc(Cl)ccc1O)N1CCCS1(=O)=O. The third kappa shape index (κ3) is 3.53. The molecule has 1 atom stereocenters. The number of aromatic hydroxyl groups is 1. The summed E-state index contributed by atoms with van der Waals surface area (Å²) in [5.74, 6) is -0.733. The molecule has 1 aliphatic rings. The van der Waals surface area contributed by atoms with E-state index in [4.69, 9.17) is 11.6 Å². The fourth-order valence-electron chi connectivity index (χ4n) is 2.55. The maximum Gasteiger partial charge on any atom is 0.243 e. The minimum absolute atomic E-state index is 0.0614. The molecule has 0 radical (unpaired) electrons. The van der Waals surface area contributed by atoms with E-state index >= 15 is 0 Å². The van der Waals surface area contributed by atoms with E-state index in [2.05, 4.69) is 5.32 Å². The molecule has 2 rings (SSSR count). The molecular formula is C14H19ClN2O4S. The summed E-state index contributed by atoms with van der Waals surface area (Å²) in [4.78, 5) is 12.5. The Hall–Kier alpha value is -1.31. The Kier molecular flexibility index (Phi) is 4.99. The molecule has 1 saturated heterocycles. The number of sulfonamides is 1. The highest BCUT2D eigenvalue weighted by Gasteiger charge is 2.40. The van der Waals surface area contributed by atoms with E-state index in [0.29, 0.717) is 18.0 Å². The number of phenols is 1.